The van der Waals surface area contributed by atoms with Gasteiger partial charge in [0.05, 0.1) is 11.1 Å². The van der Waals surface area contributed by atoms with Gasteiger partial charge in [-0.2, -0.15) is 13.2 Å². The number of furan rings is 1. The highest BCUT2D eigenvalue weighted by atomic mass is 35.5. The molecule has 0 bridgehead atoms. The van der Waals surface area contributed by atoms with Crippen LogP contribution in [0, 0.1) is 0 Å². The van der Waals surface area contributed by atoms with Crippen LogP contribution < -0.4 is 5.32 Å². The van der Waals surface area contributed by atoms with Crippen molar-refractivity contribution in [1.82, 2.24) is 5.32 Å². The maximum Gasteiger partial charge on any atom is 0.389 e. The van der Waals surface area contributed by atoms with Crippen molar-refractivity contribution >= 4 is 22.6 Å². The first-order chi connectivity index (χ1) is 9.40. The number of alkyl halides is 3. The first kappa shape index (κ1) is 15.2. The Morgan fingerprint density at radius 3 is 2.70 bits per heavy atom. The second-order valence-corrected chi connectivity index (χ2v) is 4.98. The van der Waals surface area contributed by atoms with E-state index in [4.69, 9.17) is 16.0 Å². The van der Waals surface area contributed by atoms with Crippen LogP contribution in [0.3, 0.4) is 0 Å². The molecule has 1 N–H and O–H groups in total. The quantitative estimate of drug-likeness (QED) is 0.833. The summed E-state index contributed by atoms with van der Waals surface area (Å²) in [6.45, 7) is 2.41. The summed E-state index contributed by atoms with van der Waals surface area (Å²) in [4.78, 5) is 0. The van der Waals surface area contributed by atoms with Gasteiger partial charge < -0.3 is 9.73 Å². The zero-order valence-electron chi connectivity index (χ0n) is 10.9. The number of hydrogen-bond donors (Lipinski definition) is 1. The molecular weight excluding hydrogens is 291 g/mol. The topological polar surface area (TPSA) is 25.2 Å². The zero-order chi connectivity index (χ0) is 14.8. The third-order valence-corrected chi connectivity index (χ3v) is 3.32. The number of benzene rings is 1. The molecule has 0 aliphatic carbocycles. The van der Waals surface area contributed by atoms with Crippen LogP contribution in [0.5, 0.6) is 0 Å². The fourth-order valence-corrected chi connectivity index (χ4v) is 2.34. The molecule has 0 aliphatic heterocycles. The first-order valence-electron chi connectivity index (χ1n) is 6.39. The lowest BCUT2D eigenvalue weighted by atomic mass is 10.1. The monoisotopic (exact) mass is 305 g/mol. The Hall–Kier alpha value is -1.20. The highest BCUT2D eigenvalue weighted by Crippen LogP contribution is 2.33. The van der Waals surface area contributed by atoms with Crippen molar-refractivity contribution in [2.24, 2.45) is 0 Å². The van der Waals surface area contributed by atoms with Crippen molar-refractivity contribution in [1.29, 1.82) is 0 Å². The molecule has 0 spiro atoms. The van der Waals surface area contributed by atoms with Gasteiger partial charge in [0.1, 0.15) is 5.76 Å². The molecule has 0 fully saturated rings. The van der Waals surface area contributed by atoms with Crippen LogP contribution in [0.2, 0.25) is 5.02 Å². The third kappa shape index (κ3) is 3.67. The lowest BCUT2D eigenvalue weighted by molar-refractivity contribution is -0.136. The summed E-state index contributed by atoms with van der Waals surface area (Å²) >= 11 is 6.01. The van der Waals surface area contributed by atoms with E-state index in [1.54, 1.807) is 18.2 Å². The van der Waals surface area contributed by atoms with Crippen molar-refractivity contribution < 1.29 is 17.6 Å². The summed E-state index contributed by atoms with van der Waals surface area (Å²) in [5.74, 6) is 0.485. The van der Waals surface area contributed by atoms with Crippen LogP contribution in [0.1, 0.15) is 31.6 Å². The summed E-state index contributed by atoms with van der Waals surface area (Å²) in [5, 5.41) is 4.27. The Morgan fingerprint density at radius 1 is 1.35 bits per heavy atom. The number of fused-ring (bicyclic) bond motifs is 1. The van der Waals surface area contributed by atoms with Gasteiger partial charge in [0, 0.05) is 11.8 Å². The van der Waals surface area contributed by atoms with Crippen LogP contribution in [-0.4, -0.2) is 12.7 Å². The predicted octanol–water partition coefficient (Wildman–Crippen LogP) is 5.08. The van der Waals surface area contributed by atoms with E-state index in [9.17, 15) is 13.2 Å². The fraction of sp³-hybridized carbons (Fsp3) is 0.429. The van der Waals surface area contributed by atoms with E-state index in [-0.39, 0.29) is 6.42 Å². The minimum atomic E-state index is -4.17. The Bertz CT molecular complexity index is 579. The molecule has 1 unspecified atom stereocenters. The highest BCUT2D eigenvalue weighted by molar-refractivity contribution is 6.34. The van der Waals surface area contributed by atoms with Crippen LogP contribution in [0.15, 0.2) is 28.7 Å². The van der Waals surface area contributed by atoms with Crippen molar-refractivity contribution in [3.8, 4) is 0 Å². The van der Waals surface area contributed by atoms with Crippen LogP contribution >= 0.6 is 11.6 Å². The van der Waals surface area contributed by atoms with E-state index in [1.807, 2.05) is 13.0 Å². The maximum absolute atomic E-state index is 12.4. The minimum Gasteiger partial charge on any atom is -0.458 e. The van der Waals surface area contributed by atoms with Gasteiger partial charge in [-0.15, -0.1) is 0 Å². The molecule has 6 heteroatoms. The van der Waals surface area contributed by atoms with Gasteiger partial charge in [-0.05, 0) is 25.1 Å². The average molecular weight is 306 g/mol. The highest BCUT2D eigenvalue weighted by Gasteiger charge is 2.29. The number of nitrogens with one attached hydrogen (secondary N) is 1. The first-order valence-corrected chi connectivity index (χ1v) is 6.76. The van der Waals surface area contributed by atoms with Crippen molar-refractivity contribution in [3.05, 3.63) is 35.0 Å². The van der Waals surface area contributed by atoms with Gasteiger partial charge in [0.25, 0.3) is 0 Å². The summed E-state index contributed by atoms with van der Waals surface area (Å²) in [7, 11) is 0. The fourth-order valence-electron chi connectivity index (χ4n) is 2.12. The Labute approximate surface area is 119 Å². The molecule has 1 aromatic carbocycles. The Balaban J connectivity index is 2.24. The van der Waals surface area contributed by atoms with E-state index < -0.39 is 18.6 Å². The lowest BCUT2D eigenvalue weighted by Gasteiger charge is -2.16. The molecule has 20 heavy (non-hydrogen) atoms. The average Bonchev–Trinajstić information content (AvgIpc) is 2.78. The molecule has 0 saturated heterocycles. The summed E-state index contributed by atoms with van der Waals surface area (Å²) in [5.41, 5.74) is 0.513. The lowest BCUT2D eigenvalue weighted by Crippen LogP contribution is -2.22. The summed E-state index contributed by atoms with van der Waals surface area (Å²) < 4.78 is 42.7. The second-order valence-electron chi connectivity index (χ2n) is 4.57. The number of rotatable bonds is 5. The van der Waals surface area contributed by atoms with E-state index in [0.717, 1.165) is 5.39 Å². The predicted molar refractivity (Wildman–Crippen MR) is 72.9 cm³/mol. The Morgan fingerprint density at radius 2 is 2.10 bits per heavy atom. The molecule has 0 amide bonds. The van der Waals surface area contributed by atoms with Gasteiger partial charge in [-0.25, -0.2) is 0 Å². The normalized spacial score (nSPS) is 13.8. The van der Waals surface area contributed by atoms with E-state index >= 15 is 0 Å². The minimum absolute atomic E-state index is 0.0607. The molecule has 0 saturated carbocycles. The molecule has 110 valence electrons. The van der Waals surface area contributed by atoms with Gasteiger partial charge in [0.2, 0.25) is 0 Å². The molecule has 2 nitrogen and oxygen atoms in total. The maximum atomic E-state index is 12.4. The molecular formula is C14H15ClF3NO. The van der Waals surface area contributed by atoms with Crippen LogP contribution in [0.4, 0.5) is 13.2 Å². The van der Waals surface area contributed by atoms with Gasteiger partial charge in [-0.3, -0.25) is 0 Å². The zero-order valence-corrected chi connectivity index (χ0v) is 11.7. The van der Waals surface area contributed by atoms with Crippen LogP contribution in [0.25, 0.3) is 11.0 Å². The van der Waals surface area contributed by atoms with Crippen molar-refractivity contribution in [2.45, 2.75) is 32.0 Å². The molecule has 2 aromatic rings. The molecule has 2 rings (SSSR count). The molecule has 1 heterocycles. The summed E-state index contributed by atoms with van der Waals surface area (Å²) in [6, 6.07) is 6.56. The standard InChI is InChI=1S/C14H15ClF3NO/c1-2-19-11(6-7-14(16,17)18)12-8-9-4-3-5-10(15)13(9)20-12/h3-5,8,11,19H,2,6-7H2,1H3. The summed E-state index contributed by atoms with van der Waals surface area (Å²) in [6.07, 6.45) is -5.08. The number of halogens is 4. The third-order valence-electron chi connectivity index (χ3n) is 3.03. The molecule has 0 aliphatic rings. The van der Waals surface area contributed by atoms with E-state index in [1.165, 1.54) is 0 Å². The molecule has 0 radical (unpaired) electrons. The SMILES string of the molecule is CCNC(CCC(F)(F)F)c1cc2cccc(Cl)c2o1. The number of hydrogen-bond acceptors (Lipinski definition) is 2. The van der Waals surface area contributed by atoms with Crippen LogP contribution in [-0.2, 0) is 0 Å². The largest absolute Gasteiger partial charge is 0.458 e. The van der Waals surface area contributed by atoms with E-state index in [0.29, 0.717) is 22.9 Å². The van der Waals surface area contributed by atoms with Crippen molar-refractivity contribution in [3.63, 3.8) is 0 Å². The second kappa shape index (κ2) is 6.06. The van der Waals surface area contributed by atoms with Gasteiger partial charge in [0.15, 0.2) is 5.58 Å². The van der Waals surface area contributed by atoms with Crippen molar-refractivity contribution in [2.75, 3.05) is 6.54 Å². The van der Waals surface area contributed by atoms with E-state index in [2.05, 4.69) is 5.32 Å². The molecule has 1 aromatic heterocycles. The Kier molecular flexibility index (Phi) is 4.60. The van der Waals surface area contributed by atoms with Gasteiger partial charge in [-0.1, -0.05) is 30.7 Å². The smallest absolute Gasteiger partial charge is 0.389 e. The molecule has 1 atom stereocenters. The number of para-hydroxylation sites is 1. The van der Waals surface area contributed by atoms with Gasteiger partial charge >= 0.3 is 6.18 Å².